The van der Waals surface area contributed by atoms with Gasteiger partial charge in [-0.15, -0.1) is 0 Å². The highest BCUT2D eigenvalue weighted by Crippen LogP contribution is 2.11. The van der Waals surface area contributed by atoms with Crippen LogP contribution in [0.1, 0.15) is 84.5 Å². The third kappa shape index (κ3) is 12.9. The molecule has 0 rings (SSSR count). The molecule has 2 N–H and O–H groups in total. The molecular weight excluding hydrogens is 274 g/mol. The van der Waals surface area contributed by atoms with Gasteiger partial charge in [0.05, 0.1) is 0 Å². The summed E-state index contributed by atoms with van der Waals surface area (Å²) in [6, 6.07) is 0. The van der Waals surface area contributed by atoms with E-state index in [-0.39, 0.29) is 0 Å². The van der Waals surface area contributed by atoms with Crippen molar-refractivity contribution in [3.05, 3.63) is 0 Å². The zero-order valence-corrected chi connectivity index (χ0v) is 14.1. The standard InChI is InChI=1S/C15H33NO3S/c1-3-4-5-6-7-8-9-10-11-12-13-14-16-15(2)20(17,18)19/h15-16H,3-14H2,1-2H3,(H,17,18,19). The Kier molecular flexibility index (Phi) is 12.5. The SMILES string of the molecule is CCCCCCCCCCCCCNC(C)S(=O)(=O)O. The van der Waals surface area contributed by atoms with E-state index in [0.717, 1.165) is 12.8 Å². The Bertz CT molecular complexity index is 304. The minimum atomic E-state index is -3.93. The Morgan fingerprint density at radius 1 is 0.850 bits per heavy atom. The van der Waals surface area contributed by atoms with Gasteiger partial charge in [0.15, 0.2) is 0 Å². The maximum Gasteiger partial charge on any atom is 0.280 e. The lowest BCUT2D eigenvalue weighted by Crippen LogP contribution is -2.34. The van der Waals surface area contributed by atoms with Gasteiger partial charge in [0, 0.05) is 0 Å². The van der Waals surface area contributed by atoms with Crippen molar-refractivity contribution in [1.29, 1.82) is 0 Å². The number of rotatable bonds is 14. The van der Waals surface area contributed by atoms with Gasteiger partial charge in [-0.1, -0.05) is 71.1 Å². The molecule has 0 bridgehead atoms. The quantitative estimate of drug-likeness (QED) is 0.374. The summed E-state index contributed by atoms with van der Waals surface area (Å²) in [6.45, 7) is 4.36. The van der Waals surface area contributed by atoms with E-state index in [1.807, 2.05) is 0 Å². The van der Waals surface area contributed by atoms with Gasteiger partial charge in [-0.25, -0.2) is 0 Å². The molecule has 20 heavy (non-hydrogen) atoms. The van der Waals surface area contributed by atoms with Gasteiger partial charge in [0.25, 0.3) is 10.1 Å². The minimum absolute atomic E-state index is 0.651. The van der Waals surface area contributed by atoms with Crippen LogP contribution in [0.25, 0.3) is 0 Å². The van der Waals surface area contributed by atoms with E-state index in [0.29, 0.717) is 6.54 Å². The smallest absolute Gasteiger partial charge is 0.280 e. The highest BCUT2D eigenvalue weighted by molar-refractivity contribution is 7.86. The summed E-state index contributed by atoms with van der Waals surface area (Å²) < 4.78 is 30.3. The molecular formula is C15H33NO3S. The lowest BCUT2D eigenvalue weighted by molar-refractivity contribution is 0.452. The first kappa shape index (κ1) is 19.9. The summed E-state index contributed by atoms with van der Waals surface area (Å²) in [5.41, 5.74) is 0. The summed E-state index contributed by atoms with van der Waals surface area (Å²) in [5, 5.41) is 1.96. The average molecular weight is 308 g/mol. The maximum absolute atomic E-state index is 10.8. The molecule has 0 aromatic rings. The van der Waals surface area contributed by atoms with Gasteiger partial charge >= 0.3 is 0 Å². The van der Waals surface area contributed by atoms with Gasteiger partial charge in [-0.2, -0.15) is 8.42 Å². The number of nitrogens with one attached hydrogen (secondary N) is 1. The zero-order valence-electron chi connectivity index (χ0n) is 13.2. The summed E-state index contributed by atoms with van der Waals surface area (Å²) in [7, 11) is -3.93. The van der Waals surface area contributed by atoms with Crippen molar-refractivity contribution in [3.63, 3.8) is 0 Å². The van der Waals surface area contributed by atoms with Gasteiger partial charge < -0.3 is 0 Å². The van der Waals surface area contributed by atoms with Crippen molar-refractivity contribution in [2.45, 2.75) is 89.9 Å². The van der Waals surface area contributed by atoms with Crippen molar-refractivity contribution in [2.24, 2.45) is 0 Å². The van der Waals surface area contributed by atoms with Crippen molar-refractivity contribution in [3.8, 4) is 0 Å². The van der Waals surface area contributed by atoms with Crippen LogP contribution in [0.15, 0.2) is 0 Å². The summed E-state index contributed by atoms with van der Waals surface area (Å²) >= 11 is 0. The van der Waals surface area contributed by atoms with Crippen LogP contribution in [0.3, 0.4) is 0 Å². The van der Waals surface area contributed by atoms with E-state index in [1.54, 1.807) is 0 Å². The molecule has 0 saturated carbocycles. The van der Waals surface area contributed by atoms with E-state index < -0.39 is 15.5 Å². The second-order valence-corrected chi connectivity index (χ2v) is 7.38. The molecule has 0 heterocycles. The number of hydrogen-bond donors (Lipinski definition) is 2. The van der Waals surface area contributed by atoms with Crippen LogP contribution in [-0.2, 0) is 10.1 Å². The summed E-state index contributed by atoms with van der Waals surface area (Å²) in [6.07, 6.45) is 14.1. The largest absolute Gasteiger partial charge is 0.299 e. The predicted octanol–water partition coefficient (Wildman–Crippen LogP) is 4.12. The second kappa shape index (κ2) is 12.6. The molecule has 1 unspecified atom stereocenters. The fourth-order valence-electron chi connectivity index (χ4n) is 2.20. The van der Waals surface area contributed by atoms with Crippen LogP contribution in [-0.4, -0.2) is 24.9 Å². The van der Waals surface area contributed by atoms with Crippen molar-refractivity contribution in [2.75, 3.05) is 6.54 Å². The van der Waals surface area contributed by atoms with Crippen LogP contribution in [0.4, 0.5) is 0 Å². The van der Waals surface area contributed by atoms with E-state index in [2.05, 4.69) is 12.2 Å². The van der Waals surface area contributed by atoms with Crippen molar-refractivity contribution in [1.82, 2.24) is 5.32 Å². The van der Waals surface area contributed by atoms with Crippen LogP contribution in [0.5, 0.6) is 0 Å². The minimum Gasteiger partial charge on any atom is -0.299 e. The molecule has 5 heteroatoms. The van der Waals surface area contributed by atoms with Crippen LogP contribution in [0.2, 0.25) is 0 Å². The summed E-state index contributed by atoms with van der Waals surface area (Å²) in [4.78, 5) is 0. The van der Waals surface area contributed by atoms with E-state index >= 15 is 0 Å². The van der Waals surface area contributed by atoms with Crippen LogP contribution in [0, 0.1) is 0 Å². The molecule has 0 aliphatic carbocycles. The normalized spacial score (nSPS) is 13.6. The topological polar surface area (TPSA) is 66.4 Å². The van der Waals surface area contributed by atoms with E-state index in [4.69, 9.17) is 4.55 Å². The average Bonchev–Trinajstić information content (AvgIpc) is 2.38. The lowest BCUT2D eigenvalue weighted by atomic mass is 10.1. The maximum atomic E-state index is 10.8. The molecule has 0 aromatic carbocycles. The zero-order chi connectivity index (χ0) is 15.3. The predicted molar refractivity (Wildman–Crippen MR) is 85.5 cm³/mol. The Hall–Kier alpha value is -0.130. The Labute approximate surface area is 125 Å². The molecule has 122 valence electrons. The number of hydrogen-bond acceptors (Lipinski definition) is 3. The van der Waals surface area contributed by atoms with Gasteiger partial charge in [0.2, 0.25) is 0 Å². The van der Waals surface area contributed by atoms with E-state index in [1.165, 1.54) is 64.7 Å². The first-order valence-corrected chi connectivity index (χ1v) is 9.68. The highest BCUT2D eigenvalue weighted by Gasteiger charge is 2.15. The molecule has 0 fully saturated rings. The van der Waals surface area contributed by atoms with Gasteiger partial charge in [-0.05, 0) is 19.9 Å². The monoisotopic (exact) mass is 307 g/mol. The second-order valence-electron chi connectivity index (χ2n) is 5.65. The number of unbranched alkanes of at least 4 members (excludes halogenated alkanes) is 10. The van der Waals surface area contributed by atoms with Crippen molar-refractivity contribution >= 4 is 10.1 Å². The van der Waals surface area contributed by atoms with Crippen LogP contribution < -0.4 is 5.32 Å². The Morgan fingerprint density at radius 3 is 1.65 bits per heavy atom. The van der Waals surface area contributed by atoms with E-state index in [9.17, 15) is 8.42 Å². The molecule has 0 radical (unpaired) electrons. The molecule has 0 amide bonds. The van der Waals surface area contributed by atoms with Crippen LogP contribution >= 0.6 is 0 Å². The molecule has 0 aliphatic rings. The van der Waals surface area contributed by atoms with Crippen molar-refractivity contribution < 1.29 is 13.0 Å². The van der Waals surface area contributed by atoms with Gasteiger partial charge in [-0.3, -0.25) is 9.87 Å². The first-order chi connectivity index (χ1) is 9.48. The van der Waals surface area contributed by atoms with Gasteiger partial charge in [0.1, 0.15) is 5.37 Å². The Morgan fingerprint density at radius 2 is 1.25 bits per heavy atom. The third-order valence-electron chi connectivity index (χ3n) is 3.66. The molecule has 1 atom stereocenters. The first-order valence-electron chi connectivity index (χ1n) is 8.18. The molecule has 4 nitrogen and oxygen atoms in total. The third-order valence-corrected chi connectivity index (χ3v) is 4.72. The summed E-state index contributed by atoms with van der Waals surface area (Å²) in [5.74, 6) is 0. The molecule has 0 aliphatic heterocycles. The molecule has 0 saturated heterocycles. The fraction of sp³-hybridized carbons (Fsp3) is 1.00. The fourth-order valence-corrected chi connectivity index (χ4v) is 2.53. The lowest BCUT2D eigenvalue weighted by Gasteiger charge is -2.10. The highest BCUT2D eigenvalue weighted by atomic mass is 32.2. The Balaban J connectivity index is 3.18. The molecule has 0 spiro atoms. The molecule has 0 aromatic heterocycles.